The van der Waals surface area contributed by atoms with E-state index in [-0.39, 0.29) is 0 Å². The fourth-order valence-electron chi connectivity index (χ4n) is 4.23. The lowest BCUT2D eigenvalue weighted by molar-refractivity contribution is 0.521. The molecule has 1 aromatic heterocycles. The number of fused-ring (bicyclic) bond motifs is 2. The second kappa shape index (κ2) is 5.99. The van der Waals surface area contributed by atoms with Crippen LogP contribution >= 0.6 is 0 Å². The van der Waals surface area contributed by atoms with Crippen LogP contribution in [0.1, 0.15) is 33.8 Å². The minimum absolute atomic E-state index is 0.935. The molecule has 1 heterocycles. The maximum absolute atomic E-state index is 5.89. The van der Waals surface area contributed by atoms with Gasteiger partial charge in [0.15, 0.2) is 0 Å². The van der Waals surface area contributed by atoms with Gasteiger partial charge >= 0.3 is 0 Å². The lowest BCUT2D eigenvalue weighted by Gasteiger charge is -2.15. The first-order valence-electron chi connectivity index (χ1n) is 9.50. The smallest absolute Gasteiger partial charge is 0.130 e. The molecule has 1 heteroatoms. The fourth-order valence-corrected chi connectivity index (χ4v) is 4.23. The number of hydrogen-bond acceptors (Lipinski definition) is 1. The first-order chi connectivity index (χ1) is 13.1. The van der Waals surface area contributed by atoms with Crippen molar-refractivity contribution in [3.63, 3.8) is 0 Å². The van der Waals surface area contributed by atoms with Gasteiger partial charge in [0, 0.05) is 6.42 Å². The van der Waals surface area contributed by atoms with E-state index in [1.807, 2.05) is 13.0 Å². The van der Waals surface area contributed by atoms with Crippen LogP contribution in [0.15, 0.2) is 65.1 Å². The van der Waals surface area contributed by atoms with Crippen LogP contribution in [0, 0.1) is 20.8 Å². The summed E-state index contributed by atoms with van der Waals surface area (Å²) in [5.41, 5.74) is 9.36. The van der Waals surface area contributed by atoms with E-state index in [1.165, 1.54) is 49.7 Å². The van der Waals surface area contributed by atoms with Gasteiger partial charge in [0.25, 0.3) is 0 Å². The average Bonchev–Trinajstić information content (AvgIpc) is 3.28. The number of aryl methyl sites for hydroxylation is 2. The number of benzene rings is 3. The zero-order valence-electron chi connectivity index (χ0n) is 16.0. The standard InChI is InChI=1S/C26H22O/c1-16-12-22-14-23(25-11-8-17(2)27-25)15-24(22)26(18(16)3)21-10-9-19-6-4-5-7-20(19)13-21/h4-13,15H,14H2,1-3H3. The quantitative estimate of drug-likeness (QED) is 0.375. The zero-order valence-corrected chi connectivity index (χ0v) is 16.0. The molecule has 0 radical (unpaired) electrons. The Morgan fingerprint density at radius 3 is 2.41 bits per heavy atom. The summed E-state index contributed by atoms with van der Waals surface area (Å²) in [7, 11) is 0. The van der Waals surface area contributed by atoms with Crippen LogP contribution in [0.3, 0.4) is 0 Å². The predicted molar refractivity (Wildman–Crippen MR) is 114 cm³/mol. The van der Waals surface area contributed by atoms with Gasteiger partial charge in [-0.25, -0.2) is 0 Å². The van der Waals surface area contributed by atoms with Crippen LogP contribution in [0.2, 0.25) is 0 Å². The van der Waals surface area contributed by atoms with E-state index in [1.54, 1.807) is 0 Å². The van der Waals surface area contributed by atoms with Crippen molar-refractivity contribution in [2.75, 3.05) is 0 Å². The Balaban J connectivity index is 1.72. The Bertz CT molecular complexity index is 1220. The summed E-state index contributed by atoms with van der Waals surface area (Å²) in [5.74, 6) is 1.95. The van der Waals surface area contributed by atoms with Crippen LogP contribution in [0.25, 0.3) is 33.5 Å². The molecule has 27 heavy (non-hydrogen) atoms. The van der Waals surface area contributed by atoms with Gasteiger partial charge in [-0.15, -0.1) is 0 Å². The number of furan rings is 1. The lowest BCUT2D eigenvalue weighted by Crippen LogP contribution is -1.95. The normalized spacial score (nSPS) is 13.1. The Hall–Kier alpha value is -3.06. The molecule has 1 aliphatic carbocycles. The Morgan fingerprint density at radius 1 is 0.815 bits per heavy atom. The van der Waals surface area contributed by atoms with Crippen molar-refractivity contribution in [2.45, 2.75) is 27.2 Å². The summed E-state index contributed by atoms with van der Waals surface area (Å²) >= 11 is 0. The summed E-state index contributed by atoms with van der Waals surface area (Å²) in [6, 6.07) is 21.8. The Labute approximate surface area is 160 Å². The lowest BCUT2D eigenvalue weighted by atomic mass is 9.89. The molecule has 0 aliphatic heterocycles. The van der Waals surface area contributed by atoms with Gasteiger partial charge in [0.1, 0.15) is 11.5 Å². The second-order valence-electron chi connectivity index (χ2n) is 7.58. The summed E-state index contributed by atoms with van der Waals surface area (Å²) < 4.78 is 5.89. The summed E-state index contributed by atoms with van der Waals surface area (Å²) in [5, 5.41) is 2.57. The molecule has 0 unspecified atom stereocenters. The number of allylic oxidation sites excluding steroid dienone is 1. The maximum atomic E-state index is 5.89. The van der Waals surface area contributed by atoms with Crippen molar-refractivity contribution >= 4 is 22.4 Å². The van der Waals surface area contributed by atoms with Gasteiger partial charge in [-0.3, -0.25) is 0 Å². The van der Waals surface area contributed by atoms with Crippen molar-refractivity contribution in [3.05, 3.63) is 94.4 Å². The molecule has 0 N–H and O–H groups in total. The third-order valence-electron chi connectivity index (χ3n) is 5.77. The number of hydrogen-bond donors (Lipinski definition) is 0. The van der Waals surface area contributed by atoms with Crippen molar-refractivity contribution in [1.82, 2.24) is 0 Å². The third kappa shape index (κ3) is 2.62. The Kier molecular flexibility index (Phi) is 3.58. The molecule has 0 bridgehead atoms. The first kappa shape index (κ1) is 16.1. The van der Waals surface area contributed by atoms with Gasteiger partial charge < -0.3 is 4.42 Å². The third-order valence-corrected chi connectivity index (χ3v) is 5.77. The molecule has 0 saturated heterocycles. The zero-order chi connectivity index (χ0) is 18.5. The molecule has 1 nitrogen and oxygen atoms in total. The van der Waals surface area contributed by atoms with Crippen LogP contribution in [0.4, 0.5) is 0 Å². The van der Waals surface area contributed by atoms with Crippen molar-refractivity contribution in [1.29, 1.82) is 0 Å². The second-order valence-corrected chi connectivity index (χ2v) is 7.58. The van der Waals surface area contributed by atoms with E-state index in [4.69, 9.17) is 4.42 Å². The highest BCUT2D eigenvalue weighted by molar-refractivity contribution is 5.96. The van der Waals surface area contributed by atoms with Crippen LogP contribution in [0.5, 0.6) is 0 Å². The average molecular weight is 350 g/mol. The van der Waals surface area contributed by atoms with Gasteiger partial charge in [0.2, 0.25) is 0 Å². The van der Waals surface area contributed by atoms with Crippen LogP contribution in [-0.2, 0) is 6.42 Å². The summed E-state index contributed by atoms with van der Waals surface area (Å²) in [4.78, 5) is 0. The van der Waals surface area contributed by atoms with Crippen molar-refractivity contribution in [2.24, 2.45) is 0 Å². The van der Waals surface area contributed by atoms with Gasteiger partial charge in [-0.2, -0.15) is 0 Å². The molecule has 0 fully saturated rings. The minimum Gasteiger partial charge on any atom is -0.462 e. The SMILES string of the molecule is Cc1ccc(C2=Cc3c(cc(C)c(C)c3-c3ccc4ccccc4c3)C2)o1. The van der Waals surface area contributed by atoms with E-state index in [0.29, 0.717) is 0 Å². The molecule has 5 rings (SSSR count). The van der Waals surface area contributed by atoms with E-state index >= 15 is 0 Å². The van der Waals surface area contributed by atoms with E-state index in [2.05, 4.69) is 74.5 Å². The largest absolute Gasteiger partial charge is 0.462 e. The summed E-state index contributed by atoms with van der Waals surface area (Å²) in [6.45, 7) is 6.46. The molecule has 132 valence electrons. The highest BCUT2D eigenvalue weighted by atomic mass is 16.3. The van der Waals surface area contributed by atoms with Gasteiger partial charge in [0.05, 0.1) is 0 Å². The number of rotatable bonds is 2. The van der Waals surface area contributed by atoms with Crippen molar-refractivity contribution in [3.8, 4) is 11.1 Å². The topological polar surface area (TPSA) is 13.1 Å². The monoisotopic (exact) mass is 350 g/mol. The van der Waals surface area contributed by atoms with Crippen LogP contribution < -0.4 is 0 Å². The van der Waals surface area contributed by atoms with Gasteiger partial charge in [-0.05, 0) is 94.8 Å². The van der Waals surface area contributed by atoms with Gasteiger partial charge in [-0.1, -0.05) is 42.5 Å². The molecule has 0 amide bonds. The highest BCUT2D eigenvalue weighted by Gasteiger charge is 2.22. The molecule has 0 spiro atoms. The Morgan fingerprint density at radius 2 is 1.63 bits per heavy atom. The fraction of sp³-hybridized carbons (Fsp3) is 0.154. The highest BCUT2D eigenvalue weighted by Crippen LogP contribution is 2.41. The maximum Gasteiger partial charge on any atom is 0.130 e. The predicted octanol–water partition coefficient (Wildman–Crippen LogP) is 7.12. The first-order valence-corrected chi connectivity index (χ1v) is 9.50. The molecule has 1 aliphatic rings. The molecule has 0 atom stereocenters. The van der Waals surface area contributed by atoms with E-state index in [9.17, 15) is 0 Å². The molecule has 4 aromatic rings. The molecular weight excluding hydrogens is 328 g/mol. The molecule has 3 aromatic carbocycles. The summed E-state index contributed by atoms with van der Waals surface area (Å²) in [6.07, 6.45) is 3.26. The van der Waals surface area contributed by atoms with Crippen molar-refractivity contribution < 1.29 is 4.42 Å². The molecule has 0 saturated carbocycles. The van der Waals surface area contributed by atoms with E-state index < -0.39 is 0 Å². The molecular formula is C26H22O. The minimum atomic E-state index is 0.935. The van der Waals surface area contributed by atoms with Crippen LogP contribution in [-0.4, -0.2) is 0 Å². The van der Waals surface area contributed by atoms with E-state index in [0.717, 1.165) is 17.9 Å².